The van der Waals surface area contributed by atoms with Gasteiger partial charge in [-0.3, -0.25) is 9.88 Å². The highest BCUT2D eigenvalue weighted by Crippen LogP contribution is 2.56. The molecule has 2 aromatic carbocycles. The number of ether oxygens (including phenoxy) is 1. The first-order valence-corrected chi connectivity index (χ1v) is 19.1. The Morgan fingerprint density at radius 1 is 1.06 bits per heavy atom. The molecule has 4 aliphatic rings. The van der Waals surface area contributed by atoms with Gasteiger partial charge in [0.25, 0.3) is 0 Å². The molecule has 0 bridgehead atoms. The average Bonchev–Trinajstić information content (AvgIpc) is 3.40. The van der Waals surface area contributed by atoms with Gasteiger partial charge in [-0.05, 0) is 129 Å². The van der Waals surface area contributed by atoms with Crippen LogP contribution >= 0.6 is 11.6 Å². The molecule has 268 valence electrons. The van der Waals surface area contributed by atoms with E-state index in [1.807, 2.05) is 24.4 Å². The number of aryl methyl sites for hydroxylation is 1. The van der Waals surface area contributed by atoms with Crippen LogP contribution in [0, 0.1) is 11.8 Å². The third-order valence-electron chi connectivity index (χ3n) is 12.3. The van der Waals surface area contributed by atoms with Crippen LogP contribution in [0.1, 0.15) is 85.9 Å². The van der Waals surface area contributed by atoms with Gasteiger partial charge in [-0.15, -0.1) is 0 Å². The van der Waals surface area contributed by atoms with Crippen molar-refractivity contribution in [1.82, 2.24) is 14.8 Å². The van der Waals surface area contributed by atoms with E-state index in [0.717, 1.165) is 81.7 Å². The van der Waals surface area contributed by atoms with E-state index in [4.69, 9.17) is 16.3 Å². The van der Waals surface area contributed by atoms with Gasteiger partial charge in [-0.1, -0.05) is 42.8 Å². The van der Waals surface area contributed by atoms with Crippen LogP contribution in [0.25, 0.3) is 0 Å². The minimum absolute atomic E-state index is 0.169. The van der Waals surface area contributed by atoms with E-state index in [0.29, 0.717) is 42.9 Å². The molecule has 1 aromatic heterocycles. The van der Waals surface area contributed by atoms with Crippen LogP contribution < -0.4 is 10.1 Å². The van der Waals surface area contributed by atoms with Crippen LogP contribution in [0.4, 0.5) is 5.69 Å². The van der Waals surface area contributed by atoms with Gasteiger partial charge in [0.15, 0.2) is 0 Å². The third kappa shape index (κ3) is 7.27. The molecule has 3 N–H and O–H groups in total. The molecule has 1 saturated heterocycles. The molecule has 8 nitrogen and oxygen atoms in total. The Balaban J connectivity index is 1.13. The van der Waals surface area contributed by atoms with Gasteiger partial charge >= 0.3 is 5.97 Å². The number of aliphatic hydroxyl groups excluding tert-OH is 1. The molecule has 2 unspecified atom stereocenters. The zero-order chi connectivity index (χ0) is 34.9. The van der Waals surface area contributed by atoms with Crippen molar-refractivity contribution in [2.24, 2.45) is 11.8 Å². The molecule has 3 atom stereocenters. The number of hydrogen-bond donors (Lipinski definition) is 3. The number of β-amino-alcohol motifs (C(OH)–C–C–N with tert-alkyl or cyclic N) is 1. The number of pyridine rings is 1. The second-order valence-electron chi connectivity index (χ2n) is 15.7. The number of fused-ring (bicyclic) bond motifs is 3. The predicted molar refractivity (Wildman–Crippen MR) is 198 cm³/mol. The summed E-state index contributed by atoms with van der Waals surface area (Å²) >= 11 is 6.29. The van der Waals surface area contributed by atoms with Crippen LogP contribution in [0.2, 0.25) is 5.02 Å². The summed E-state index contributed by atoms with van der Waals surface area (Å²) in [5.41, 5.74) is 5.58. The molecule has 0 amide bonds. The second-order valence-corrected chi connectivity index (χ2v) is 16.1. The van der Waals surface area contributed by atoms with Crippen LogP contribution in [-0.4, -0.2) is 82.9 Å². The van der Waals surface area contributed by atoms with Gasteiger partial charge in [0.2, 0.25) is 0 Å². The van der Waals surface area contributed by atoms with Crippen LogP contribution in [0.3, 0.4) is 0 Å². The highest BCUT2D eigenvalue weighted by atomic mass is 35.5. The summed E-state index contributed by atoms with van der Waals surface area (Å²) < 4.78 is 6.52. The monoisotopic (exact) mass is 700 g/mol. The zero-order valence-electron chi connectivity index (χ0n) is 29.7. The Kier molecular flexibility index (Phi) is 10.4. The molecule has 3 aliphatic carbocycles. The molecular formula is C41H53ClN4O4. The first-order chi connectivity index (χ1) is 24.1. The fourth-order valence-corrected chi connectivity index (χ4v) is 9.55. The molecular weight excluding hydrogens is 648 g/mol. The number of aliphatic hydroxyl groups is 1. The summed E-state index contributed by atoms with van der Waals surface area (Å²) in [4.78, 5) is 22.3. The number of hydrogen-bond acceptors (Lipinski definition) is 7. The lowest BCUT2D eigenvalue weighted by molar-refractivity contribution is -0.144. The first kappa shape index (κ1) is 35.2. The van der Waals surface area contributed by atoms with Crippen molar-refractivity contribution >= 4 is 23.3 Å². The Labute approximate surface area is 302 Å². The van der Waals surface area contributed by atoms with Gasteiger partial charge in [0.05, 0.1) is 12.7 Å². The SMILES string of the molecule is C[C@@H](COc1ccnc2c1CCCC2)CC1Cc2ccc(C(O)CN3CCN(C)CC3)cc2C12CCC(Nc1cccc(Cl)c1)(C(=O)O)CC2. The maximum atomic E-state index is 13.0. The van der Waals surface area contributed by atoms with Gasteiger partial charge in [-0.2, -0.15) is 0 Å². The van der Waals surface area contributed by atoms with E-state index in [1.165, 1.54) is 35.2 Å². The van der Waals surface area contributed by atoms with Gasteiger partial charge in [-0.25, -0.2) is 4.79 Å². The number of rotatable bonds is 11. The Morgan fingerprint density at radius 3 is 2.60 bits per heavy atom. The maximum Gasteiger partial charge on any atom is 0.329 e. The zero-order valence-corrected chi connectivity index (χ0v) is 30.4. The van der Waals surface area contributed by atoms with Gasteiger partial charge < -0.3 is 25.2 Å². The van der Waals surface area contributed by atoms with Crippen molar-refractivity contribution in [2.45, 2.75) is 88.2 Å². The number of aromatic nitrogens is 1. The standard InChI is InChI=1S/C41H53ClN4O4/c1-28(27-50-38-12-17-43-36-9-4-3-8-34(36)38)22-31-23-29-10-11-30(37(47)26-46-20-18-45(2)19-21-46)24-35(29)40(31)13-15-41(16-14-40,39(48)49)44-33-7-5-6-32(42)25-33/h5-7,10-12,17,24-25,28,31,37,44,47H,3-4,8-9,13-16,18-23,26-27H2,1-2H3,(H,48,49)/t28-,31?,37?,40?,41?/m1/s1. The predicted octanol–water partition coefficient (Wildman–Crippen LogP) is 6.92. The summed E-state index contributed by atoms with van der Waals surface area (Å²) in [6.45, 7) is 7.52. The average molecular weight is 701 g/mol. The van der Waals surface area contributed by atoms with E-state index in [-0.39, 0.29) is 5.41 Å². The molecule has 0 radical (unpaired) electrons. The molecule has 2 heterocycles. The number of piperazine rings is 1. The third-order valence-corrected chi connectivity index (χ3v) is 12.6. The number of carboxylic acids is 1. The molecule has 50 heavy (non-hydrogen) atoms. The highest BCUT2D eigenvalue weighted by molar-refractivity contribution is 6.30. The molecule has 3 aromatic rings. The number of likely N-dealkylation sites (N-methyl/N-ethyl adjacent to an activating group) is 1. The van der Waals surface area contributed by atoms with Gasteiger partial charge in [0.1, 0.15) is 11.3 Å². The van der Waals surface area contributed by atoms with Crippen LogP contribution in [0.15, 0.2) is 54.7 Å². The summed E-state index contributed by atoms with van der Waals surface area (Å²) in [5, 5.41) is 26.1. The number of nitrogens with zero attached hydrogens (tertiary/aromatic N) is 3. The minimum atomic E-state index is -1.07. The molecule has 7 rings (SSSR count). The van der Waals surface area contributed by atoms with Crippen molar-refractivity contribution in [3.63, 3.8) is 0 Å². The fourth-order valence-electron chi connectivity index (χ4n) is 9.36. The van der Waals surface area contributed by atoms with Crippen molar-refractivity contribution in [3.8, 4) is 5.75 Å². The smallest absolute Gasteiger partial charge is 0.329 e. The molecule has 9 heteroatoms. The van der Waals surface area contributed by atoms with Crippen LogP contribution in [-0.2, 0) is 29.5 Å². The number of anilines is 1. The number of benzene rings is 2. The normalized spacial score (nSPS) is 26.6. The Bertz CT molecular complexity index is 1670. The lowest BCUT2D eigenvalue weighted by Gasteiger charge is -2.47. The largest absolute Gasteiger partial charge is 0.493 e. The second kappa shape index (κ2) is 14.8. The first-order valence-electron chi connectivity index (χ1n) is 18.7. The summed E-state index contributed by atoms with van der Waals surface area (Å²) in [6.07, 6.45) is 10.2. The molecule has 1 spiro atoms. The van der Waals surface area contributed by atoms with Crippen molar-refractivity contribution in [2.75, 3.05) is 51.7 Å². The molecule has 2 fully saturated rings. The number of nitrogens with one attached hydrogen (secondary N) is 1. The van der Waals surface area contributed by atoms with Gasteiger partial charge in [0, 0.05) is 60.9 Å². The van der Waals surface area contributed by atoms with Crippen molar-refractivity contribution < 1.29 is 19.7 Å². The van der Waals surface area contributed by atoms with E-state index in [2.05, 4.69) is 52.3 Å². The summed E-state index contributed by atoms with van der Waals surface area (Å²) in [7, 11) is 2.15. The number of aliphatic carboxylic acids is 1. The topological polar surface area (TPSA) is 98.2 Å². The fraction of sp³-hybridized carbons (Fsp3) is 0.561. The van der Waals surface area contributed by atoms with Crippen molar-refractivity contribution in [3.05, 3.63) is 87.7 Å². The summed E-state index contributed by atoms with van der Waals surface area (Å²) in [5.74, 6) is 0.837. The number of carboxylic acid groups (broad SMARTS) is 1. The van der Waals surface area contributed by atoms with E-state index in [1.54, 1.807) is 12.1 Å². The summed E-state index contributed by atoms with van der Waals surface area (Å²) in [6, 6.07) is 16.0. The van der Waals surface area contributed by atoms with Crippen molar-refractivity contribution in [1.29, 1.82) is 0 Å². The Morgan fingerprint density at radius 2 is 1.84 bits per heavy atom. The lowest BCUT2D eigenvalue weighted by atomic mass is 9.59. The quantitative estimate of drug-likeness (QED) is 0.198. The van der Waals surface area contributed by atoms with E-state index < -0.39 is 17.6 Å². The molecule has 1 aliphatic heterocycles. The highest BCUT2D eigenvalue weighted by Gasteiger charge is 2.54. The molecule has 1 saturated carbocycles. The Hall–Kier alpha value is -3.17. The van der Waals surface area contributed by atoms with Crippen LogP contribution in [0.5, 0.6) is 5.75 Å². The number of carbonyl (C=O) groups is 1. The number of halogens is 1. The minimum Gasteiger partial charge on any atom is -0.493 e. The van der Waals surface area contributed by atoms with E-state index in [9.17, 15) is 15.0 Å². The van der Waals surface area contributed by atoms with E-state index >= 15 is 0 Å². The lowest BCUT2D eigenvalue weighted by Crippen LogP contribution is -2.53. The maximum absolute atomic E-state index is 13.0.